The second-order valence-corrected chi connectivity index (χ2v) is 9.49. The van der Waals surface area contributed by atoms with E-state index in [1.165, 1.54) is 16.2 Å². The van der Waals surface area contributed by atoms with Gasteiger partial charge in [-0.25, -0.2) is 0 Å². The lowest BCUT2D eigenvalue weighted by Crippen LogP contribution is -2.30. The number of hydrogen-bond acceptors (Lipinski definition) is 6. The fraction of sp³-hybridized carbons (Fsp3) is 0.120. The zero-order valence-corrected chi connectivity index (χ0v) is 20.1. The molecule has 33 heavy (non-hydrogen) atoms. The summed E-state index contributed by atoms with van der Waals surface area (Å²) < 4.78 is 11.9. The second kappa shape index (κ2) is 8.20. The van der Waals surface area contributed by atoms with Gasteiger partial charge in [0.2, 0.25) is 5.78 Å². The first-order valence-electron chi connectivity index (χ1n) is 10.1. The molecule has 0 aliphatic carbocycles. The number of methoxy groups -OCH3 is 1. The van der Waals surface area contributed by atoms with Crippen LogP contribution in [0.25, 0.3) is 11.0 Å². The Morgan fingerprint density at radius 3 is 2.58 bits per heavy atom. The molecule has 0 saturated carbocycles. The van der Waals surface area contributed by atoms with Crippen molar-refractivity contribution in [1.29, 1.82) is 0 Å². The molecule has 2 aromatic carbocycles. The summed E-state index contributed by atoms with van der Waals surface area (Å²) in [6, 6.07) is 15.1. The van der Waals surface area contributed by atoms with Crippen molar-refractivity contribution < 1.29 is 23.8 Å². The Labute approximate surface area is 201 Å². The van der Waals surface area contributed by atoms with Crippen LogP contribution in [0.5, 0.6) is 5.75 Å². The number of hydrogen-bond donors (Lipinski definition) is 1. The molecule has 1 amide bonds. The molecule has 1 aliphatic rings. The van der Waals surface area contributed by atoms with Crippen molar-refractivity contribution in [2.24, 2.45) is 0 Å². The van der Waals surface area contributed by atoms with Gasteiger partial charge < -0.3 is 14.3 Å². The van der Waals surface area contributed by atoms with E-state index in [-0.39, 0.29) is 11.3 Å². The molecule has 1 unspecified atom stereocenters. The molecule has 4 aromatic rings. The molecule has 5 rings (SSSR count). The minimum Gasteiger partial charge on any atom is -0.503 e. The first-order chi connectivity index (χ1) is 15.9. The van der Waals surface area contributed by atoms with Gasteiger partial charge in [0.1, 0.15) is 17.4 Å². The third kappa shape index (κ3) is 3.55. The quantitative estimate of drug-likeness (QED) is 0.308. The Morgan fingerprint density at radius 2 is 1.91 bits per heavy atom. The van der Waals surface area contributed by atoms with Crippen LogP contribution in [0.4, 0.5) is 5.69 Å². The van der Waals surface area contributed by atoms with E-state index < -0.39 is 23.5 Å². The number of aliphatic hydroxyl groups is 1. The number of amides is 1. The van der Waals surface area contributed by atoms with Crippen LogP contribution in [0.1, 0.15) is 27.0 Å². The highest BCUT2D eigenvalue weighted by molar-refractivity contribution is 9.10. The second-order valence-electron chi connectivity index (χ2n) is 7.63. The number of carbonyl (C=O) groups excluding carboxylic acids is 2. The number of furan rings is 1. The lowest BCUT2D eigenvalue weighted by Gasteiger charge is -2.26. The number of carbonyl (C=O) groups is 2. The molecule has 166 valence electrons. The number of aryl methyl sites for hydroxylation is 1. The summed E-state index contributed by atoms with van der Waals surface area (Å²) in [5.41, 5.74) is 2.01. The van der Waals surface area contributed by atoms with Crippen LogP contribution in [0.15, 0.2) is 80.2 Å². The molecule has 3 heterocycles. The van der Waals surface area contributed by atoms with Gasteiger partial charge in [0, 0.05) is 20.4 Å². The number of Topliss-reactive ketones (excluding diaryl/α,β-unsaturated/α-hetero) is 1. The number of halogens is 1. The monoisotopic (exact) mass is 523 g/mol. The Morgan fingerprint density at radius 1 is 1.15 bits per heavy atom. The summed E-state index contributed by atoms with van der Waals surface area (Å²) in [6.45, 7) is 1.92. The predicted molar refractivity (Wildman–Crippen MR) is 130 cm³/mol. The van der Waals surface area contributed by atoms with Crippen LogP contribution >= 0.6 is 27.3 Å². The highest BCUT2D eigenvalue weighted by Crippen LogP contribution is 2.45. The fourth-order valence-electron chi connectivity index (χ4n) is 4.02. The Hall–Kier alpha value is -3.36. The van der Waals surface area contributed by atoms with Crippen molar-refractivity contribution in [3.63, 3.8) is 0 Å². The van der Waals surface area contributed by atoms with E-state index in [0.29, 0.717) is 17.0 Å². The summed E-state index contributed by atoms with van der Waals surface area (Å²) in [5.74, 6) is -1.04. The third-order valence-electron chi connectivity index (χ3n) is 5.66. The van der Waals surface area contributed by atoms with Crippen molar-refractivity contribution in [1.82, 2.24) is 0 Å². The van der Waals surface area contributed by atoms with E-state index in [1.807, 2.05) is 30.5 Å². The van der Waals surface area contributed by atoms with Gasteiger partial charge in [-0.2, -0.15) is 0 Å². The Bertz CT molecular complexity index is 1430. The molecule has 1 aliphatic heterocycles. The Balaban J connectivity index is 1.64. The highest BCUT2D eigenvalue weighted by atomic mass is 79.9. The summed E-state index contributed by atoms with van der Waals surface area (Å²) in [4.78, 5) is 29.1. The molecule has 0 fully saturated rings. The van der Waals surface area contributed by atoms with E-state index in [0.717, 1.165) is 20.3 Å². The van der Waals surface area contributed by atoms with E-state index in [2.05, 4.69) is 15.9 Å². The standard InChI is InChI=1S/C25H18BrNO5S/c1-13-9-10-33-24(13)21-20(22(28)19-12-14-11-15(26)3-8-18(14)32-19)23(29)25(30)27(21)16-4-6-17(31-2)7-5-16/h3-12,21,29H,1-2H3. The maximum atomic E-state index is 13.6. The summed E-state index contributed by atoms with van der Waals surface area (Å²) in [5, 5.41) is 13.5. The smallest absolute Gasteiger partial charge is 0.294 e. The largest absolute Gasteiger partial charge is 0.503 e. The molecular weight excluding hydrogens is 506 g/mol. The normalized spacial score (nSPS) is 16.2. The first-order valence-corrected chi connectivity index (χ1v) is 11.7. The predicted octanol–water partition coefficient (Wildman–Crippen LogP) is 6.36. The fourth-order valence-corrected chi connectivity index (χ4v) is 5.42. The molecule has 6 nitrogen and oxygen atoms in total. The molecule has 0 saturated heterocycles. The summed E-state index contributed by atoms with van der Waals surface area (Å²) >= 11 is 4.84. The van der Waals surface area contributed by atoms with Gasteiger partial charge in [-0.3, -0.25) is 14.5 Å². The maximum Gasteiger partial charge on any atom is 0.294 e. The zero-order valence-electron chi connectivity index (χ0n) is 17.7. The van der Waals surface area contributed by atoms with Gasteiger partial charge in [0.15, 0.2) is 11.5 Å². The number of ketones is 1. The average molecular weight is 524 g/mol. The van der Waals surface area contributed by atoms with Crippen molar-refractivity contribution in [2.75, 3.05) is 12.0 Å². The lowest BCUT2D eigenvalue weighted by molar-refractivity contribution is -0.117. The SMILES string of the molecule is COc1ccc(N2C(=O)C(O)=C(C(=O)c3cc4cc(Br)ccc4o3)C2c2sccc2C)cc1. The van der Waals surface area contributed by atoms with Crippen molar-refractivity contribution in [3.05, 3.63) is 92.0 Å². The van der Waals surface area contributed by atoms with Crippen LogP contribution in [-0.2, 0) is 4.79 Å². The van der Waals surface area contributed by atoms with E-state index >= 15 is 0 Å². The third-order valence-corrected chi connectivity index (χ3v) is 7.22. The molecule has 2 aromatic heterocycles. The average Bonchev–Trinajstić information content (AvgIpc) is 3.49. The number of aliphatic hydroxyl groups excluding tert-OH is 1. The number of rotatable bonds is 5. The molecule has 0 spiro atoms. The molecule has 0 radical (unpaired) electrons. The maximum absolute atomic E-state index is 13.6. The van der Waals surface area contributed by atoms with Gasteiger partial charge in [-0.15, -0.1) is 11.3 Å². The highest BCUT2D eigenvalue weighted by Gasteiger charge is 2.46. The lowest BCUT2D eigenvalue weighted by atomic mass is 9.98. The van der Waals surface area contributed by atoms with Crippen LogP contribution in [0.3, 0.4) is 0 Å². The molecule has 8 heteroatoms. The first kappa shape index (κ1) is 21.5. The molecule has 1 atom stereocenters. The van der Waals surface area contributed by atoms with Crippen molar-refractivity contribution in [3.8, 4) is 5.75 Å². The minimum atomic E-state index is -0.779. The summed E-state index contributed by atoms with van der Waals surface area (Å²) in [6.07, 6.45) is 0. The van der Waals surface area contributed by atoms with Crippen LogP contribution in [0.2, 0.25) is 0 Å². The van der Waals surface area contributed by atoms with E-state index in [1.54, 1.807) is 43.5 Å². The number of fused-ring (bicyclic) bond motifs is 1. The molecule has 0 bridgehead atoms. The minimum absolute atomic E-state index is 0.000472. The number of nitrogens with zero attached hydrogens (tertiary/aromatic N) is 1. The topological polar surface area (TPSA) is 80.0 Å². The number of ether oxygens (including phenoxy) is 1. The van der Waals surface area contributed by atoms with Gasteiger partial charge >= 0.3 is 0 Å². The van der Waals surface area contributed by atoms with Crippen molar-refractivity contribution in [2.45, 2.75) is 13.0 Å². The van der Waals surface area contributed by atoms with Gasteiger partial charge in [-0.1, -0.05) is 15.9 Å². The van der Waals surface area contributed by atoms with E-state index in [9.17, 15) is 14.7 Å². The van der Waals surface area contributed by atoms with Gasteiger partial charge in [0.05, 0.1) is 12.7 Å². The van der Waals surface area contributed by atoms with E-state index in [4.69, 9.17) is 9.15 Å². The zero-order chi connectivity index (χ0) is 23.3. The number of thiophene rings is 1. The van der Waals surface area contributed by atoms with Gasteiger partial charge in [0.25, 0.3) is 5.91 Å². The van der Waals surface area contributed by atoms with Crippen LogP contribution in [0, 0.1) is 6.92 Å². The van der Waals surface area contributed by atoms with Crippen LogP contribution in [-0.4, -0.2) is 23.9 Å². The van der Waals surface area contributed by atoms with Gasteiger partial charge in [-0.05, 0) is 72.5 Å². The van der Waals surface area contributed by atoms with Crippen molar-refractivity contribution >= 4 is 55.6 Å². The number of anilines is 1. The summed E-state index contributed by atoms with van der Waals surface area (Å²) in [7, 11) is 1.56. The molecule has 1 N–H and O–H groups in total. The number of benzene rings is 2. The Kier molecular flexibility index (Phi) is 5.34. The molecular formula is C25H18BrNO5S. The van der Waals surface area contributed by atoms with Crippen LogP contribution < -0.4 is 9.64 Å².